The lowest BCUT2D eigenvalue weighted by atomic mass is 10.0. The first-order valence-electron chi connectivity index (χ1n) is 13.3. The fourth-order valence-electron chi connectivity index (χ4n) is 5.70. The zero-order chi connectivity index (χ0) is 27.5. The number of hydrogen-bond donors (Lipinski definition) is 0. The maximum Gasteiger partial charge on any atom is 0.136 e. The standard InChI is InChI=1S/C36H21BrClNO2/c37-29-8-4-10-33-35(29)27-20-25(16-18-31(27)40-33)39(24-14-12-23(13-15-24)22-6-2-1-3-7-22)26-17-19-32-28(21-26)36-30(38)9-5-11-34(36)41-32/h1-21H. The number of halogens is 2. The molecule has 0 spiro atoms. The third kappa shape index (κ3) is 4.02. The Bertz CT molecular complexity index is 2110. The largest absolute Gasteiger partial charge is 0.456 e. The molecule has 8 rings (SSSR count). The first-order chi connectivity index (χ1) is 20.1. The molecule has 5 heteroatoms. The summed E-state index contributed by atoms with van der Waals surface area (Å²) in [5.41, 5.74) is 8.68. The van der Waals surface area contributed by atoms with E-state index < -0.39 is 0 Å². The lowest BCUT2D eigenvalue weighted by Gasteiger charge is -2.26. The van der Waals surface area contributed by atoms with Crippen molar-refractivity contribution < 1.29 is 8.83 Å². The quantitative estimate of drug-likeness (QED) is 0.197. The fraction of sp³-hybridized carbons (Fsp3) is 0. The number of nitrogens with zero attached hydrogens (tertiary/aromatic N) is 1. The van der Waals surface area contributed by atoms with Gasteiger partial charge in [-0.1, -0.05) is 82.1 Å². The van der Waals surface area contributed by atoms with Crippen LogP contribution < -0.4 is 4.90 Å². The van der Waals surface area contributed by atoms with E-state index in [-0.39, 0.29) is 0 Å². The number of benzene rings is 6. The highest BCUT2D eigenvalue weighted by atomic mass is 79.9. The zero-order valence-electron chi connectivity index (χ0n) is 21.6. The first-order valence-corrected chi connectivity index (χ1v) is 14.5. The van der Waals surface area contributed by atoms with Gasteiger partial charge in [0.2, 0.25) is 0 Å². The summed E-state index contributed by atoms with van der Waals surface area (Å²) in [5.74, 6) is 0. The van der Waals surface area contributed by atoms with Gasteiger partial charge in [0, 0.05) is 43.1 Å². The SMILES string of the molecule is Clc1cccc2oc3ccc(N(c4ccc(-c5ccccc5)cc4)c4ccc5oc6cccc(Br)c6c5c4)cc3c12. The van der Waals surface area contributed by atoms with Gasteiger partial charge in [0.1, 0.15) is 22.3 Å². The Hall–Kier alpha value is -4.51. The molecule has 0 saturated carbocycles. The summed E-state index contributed by atoms with van der Waals surface area (Å²) in [6.45, 7) is 0. The van der Waals surface area contributed by atoms with Crippen LogP contribution in [0.4, 0.5) is 17.1 Å². The van der Waals surface area contributed by atoms with E-state index in [1.165, 1.54) is 5.56 Å². The van der Waals surface area contributed by atoms with Crippen LogP contribution in [0.2, 0.25) is 5.02 Å². The third-order valence-corrected chi connectivity index (χ3v) is 8.58. The topological polar surface area (TPSA) is 29.5 Å². The Labute approximate surface area is 249 Å². The van der Waals surface area contributed by atoms with Crippen molar-refractivity contribution >= 4 is 88.5 Å². The van der Waals surface area contributed by atoms with Crippen molar-refractivity contribution in [3.8, 4) is 11.1 Å². The summed E-state index contributed by atoms with van der Waals surface area (Å²) in [6, 6.07) is 43.5. The van der Waals surface area contributed by atoms with Crippen molar-refractivity contribution in [2.45, 2.75) is 0 Å². The van der Waals surface area contributed by atoms with Crippen LogP contribution in [0.5, 0.6) is 0 Å². The summed E-state index contributed by atoms with van der Waals surface area (Å²) in [7, 11) is 0. The maximum atomic E-state index is 6.65. The Kier molecular flexibility index (Phi) is 5.66. The fourth-order valence-corrected chi connectivity index (χ4v) is 6.53. The molecule has 0 saturated heterocycles. The summed E-state index contributed by atoms with van der Waals surface area (Å²) in [6.07, 6.45) is 0. The van der Waals surface area contributed by atoms with E-state index in [1.54, 1.807) is 0 Å². The minimum absolute atomic E-state index is 0.674. The molecule has 0 atom stereocenters. The van der Waals surface area contributed by atoms with Crippen LogP contribution in [0.15, 0.2) is 141 Å². The molecule has 0 aliphatic rings. The smallest absolute Gasteiger partial charge is 0.136 e. The number of anilines is 3. The van der Waals surface area contributed by atoms with Gasteiger partial charge in [-0.15, -0.1) is 0 Å². The Morgan fingerprint density at radius 1 is 0.488 bits per heavy atom. The van der Waals surface area contributed by atoms with Crippen LogP contribution >= 0.6 is 27.5 Å². The molecule has 2 heterocycles. The highest BCUT2D eigenvalue weighted by Crippen LogP contribution is 2.43. The van der Waals surface area contributed by atoms with E-state index in [2.05, 4.69) is 93.6 Å². The van der Waals surface area contributed by atoms with Gasteiger partial charge in [-0.05, 0) is 83.9 Å². The second kappa shape index (κ2) is 9.55. The zero-order valence-corrected chi connectivity index (χ0v) is 24.0. The van der Waals surface area contributed by atoms with E-state index in [1.807, 2.05) is 54.6 Å². The molecule has 3 nitrogen and oxygen atoms in total. The van der Waals surface area contributed by atoms with Crippen molar-refractivity contribution in [1.82, 2.24) is 0 Å². The lowest BCUT2D eigenvalue weighted by molar-refractivity contribution is 0.668. The summed E-state index contributed by atoms with van der Waals surface area (Å²) in [4.78, 5) is 2.26. The van der Waals surface area contributed by atoms with Gasteiger partial charge >= 0.3 is 0 Å². The Balaban J connectivity index is 1.35. The summed E-state index contributed by atoms with van der Waals surface area (Å²) < 4.78 is 13.3. The number of rotatable bonds is 4. The Morgan fingerprint density at radius 2 is 1.05 bits per heavy atom. The second-order valence-electron chi connectivity index (χ2n) is 10.0. The minimum atomic E-state index is 0.674. The molecule has 0 unspecified atom stereocenters. The number of hydrogen-bond acceptors (Lipinski definition) is 3. The molecule has 0 fully saturated rings. The third-order valence-electron chi connectivity index (χ3n) is 7.60. The molecule has 196 valence electrons. The van der Waals surface area contributed by atoms with Gasteiger partial charge in [0.25, 0.3) is 0 Å². The summed E-state index contributed by atoms with van der Waals surface area (Å²) >= 11 is 10.4. The van der Waals surface area contributed by atoms with Crippen LogP contribution in [0.25, 0.3) is 55.0 Å². The maximum absolute atomic E-state index is 6.65. The lowest BCUT2D eigenvalue weighted by Crippen LogP contribution is -2.09. The van der Waals surface area contributed by atoms with E-state index in [0.717, 1.165) is 71.0 Å². The molecular weight excluding hydrogens is 594 g/mol. The van der Waals surface area contributed by atoms with Crippen LogP contribution in [-0.4, -0.2) is 0 Å². The van der Waals surface area contributed by atoms with Gasteiger partial charge in [-0.25, -0.2) is 0 Å². The van der Waals surface area contributed by atoms with E-state index in [0.29, 0.717) is 5.02 Å². The molecule has 41 heavy (non-hydrogen) atoms. The van der Waals surface area contributed by atoms with E-state index in [4.69, 9.17) is 20.4 Å². The normalized spacial score (nSPS) is 11.7. The molecule has 0 aliphatic carbocycles. The average Bonchev–Trinajstić information content (AvgIpc) is 3.57. The molecule has 0 bridgehead atoms. The van der Waals surface area contributed by atoms with E-state index >= 15 is 0 Å². The highest BCUT2D eigenvalue weighted by molar-refractivity contribution is 9.10. The van der Waals surface area contributed by atoms with Crippen LogP contribution in [0.1, 0.15) is 0 Å². The van der Waals surface area contributed by atoms with Crippen molar-refractivity contribution in [3.05, 3.63) is 137 Å². The van der Waals surface area contributed by atoms with Crippen LogP contribution in [-0.2, 0) is 0 Å². The molecule has 0 N–H and O–H groups in total. The average molecular weight is 615 g/mol. The minimum Gasteiger partial charge on any atom is -0.456 e. The molecule has 0 aliphatic heterocycles. The highest BCUT2D eigenvalue weighted by Gasteiger charge is 2.19. The predicted molar refractivity (Wildman–Crippen MR) is 174 cm³/mol. The molecule has 0 amide bonds. The van der Waals surface area contributed by atoms with E-state index in [9.17, 15) is 0 Å². The molecular formula is C36H21BrClNO2. The molecule has 2 aromatic heterocycles. The molecule has 8 aromatic rings. The number of fused-ring (bicyclic) bond motifs is 6. The summed E-state index contributed by atoms with van der Waals surface area (Å²) in [5, 5.41) is 4.69. The van der Waals surface area contributed by atoms with Crippen molar-refractivity contribution in [2.24, 2.45) is 0 Å². The second-order valence-corrected chi connectivity index (χ2v) is 11.3. The van der Waals surface area contributed by atoms with Crippen molar-refractivity contribution in [2.75, 3.05) is 4.90 Å². The van der Waals surface area contributed by atoms with Crippen molar-refractivity contribution in [3.63, 3.8) is 0 Å². The van der Waals surface area contributed by atoms with Crippen LogP contribution in [0.3, 0.4) is 0 Å². The first kappa shape index (κ1) is 24.3. The monoisotopic (exact) mass is 613 g/mol. The van der Waals surface area contributed by atoms with Gasteiger partial charge in [-0.3, -0.25) is 0 Å². The van der Waals surface area contributed by atoms with Gasteiger partial charge in [-0.2, -0.15) is 0 Å². The Morgan fingerprint density at radius 3 is 1.73 bits per heavy atom. The van der Waals surface area contributed by atoms with Crippen LogP contribution in [0, 0.1) is 0 Å². The van der Waals surface area contributed by atoms with Gasteiger partial charge < -0.3 is 13.7 Å². The van der Waals surface area contributed by atoms with Gasteiger partial charge in [0.05, 0.1) is 5.02 Å². The molecule has 0 radical (unpaired) electrons. The predicted octanol–water partition coefficient (Wildman–Crippen LogP) is 12.0. The molecule has 6 aromatic carbocycles. The van der Waals surface area contributed by atoms with Crippen molar-refractivity contribution in [1.29, 1.82) is 0 Å². The number of furan rings is 2. The van der Waals surface area contributed by atoms with Gasteiger partial charge in [0.15, 0.2) is 0 Å².